The van der Waals surface area contributed by atoms with Crippen molar-refractivity contribution in [2.45, 2.75) is 38.9 Å². The summed E-state index contributed by atoms with van der Waals surface area (Å²) >= 11 is 0. The summed E-state index contributed by atoms with van der Waals surface area (Å²) in [6, 6.07) is 0. The lowest BCUT2D eigenvalue weighted by Crippen LogP contribution is -2.54. The number of ether oxygens (including phenoxy) is 1. The number of morpholine rings is 1. The van der Waals surface area contributed by atoms with Gasteiger partial charge in [-0.2, -0.15) is 0 Å². The fraction of sp³-hybridized carbons (Fsp3) is 0.786. The van der Waals surface area contributed by atoms with Crippen LogP contribution in [0.15, 0.2) is 0 Å². The Balaban J connectivity index is 1.91. The molecule has 2 rings (SSSR count). The molecule has 0 saturated carbocycles. The van der Waals surface area contributed by atoms with Crippen molar-refractivity contribution in [1.82, 2.24) is 9.80 Å². The van der Waals surface area contributed by atoms with Crippen molar-refractivity contribution in [1.29, 1.82) is 0 Å². The molecule has 3 amide bonds. The highest BCUT2D eigenvalue weighted by atomic mass is 16.5. The van der Waals surface area contributed by atoms with Crippen molar-refractivity contribution in [3.05, 3.63) is 0 Å². The first-order valence-electron chi connectivity index (χ1n) is 7.41. The van der Waals surface area contributed by atoms with Crippen LogP contribution < -0.4 is 5.73 Å². The van der Waals surface area contributed by atoms with Crippen LogP contribution in [0.2, 0.25) is 0 Å². The van der Waals surface area contributed by atoms with Crippen molar-refractivity contribution in [2.24, 2.45) is 11.7 Å². The summed E-state index contributed by atoms with van der Waals surface area (Å²) in [5.74, 6) is -1.48. The van der Waals surface area contributed by atoms with Gasteiger partial charge in [-0.1, -0.05) is 0 Å². The lowest BCUT2D eigenvalue weighted by molar-refractivity contribution is -0.159. The molecule has 7 nitrogen and oxygen atoms in total. The third-order valence-electron chi connectivity index (χ3n) is 4.07. The maximum atomic E-state index is 12.3. The summed E-state index contributed by atoms with van der Waals surface area (Å²) in [5, 5.41) is 0. The van der Waals surface area contributed by atoms with E-state index < -0.39 is 11.8 Å². The van der Waals surface area contributed by atoms with Crippen LogP contribution in [0.5, 0.6) is 0 Å². The van der Waals surface area contributed by atoms with Crippen LogP contribution in [0.1, 0.15) is 26.7 Å². The lowest BCUT2D eigenvalue weighted by Gasteiger charge is -2.37. The average Bonchev–Trinajstić information content (AvgIpc) is 2.44. The van der Waals surface area contributed by atoms with Gasteiger partial charge in [0, 0.05) is 32.1 Å². The molecule has 0 bridgehead atoms. The van der Waals surface area contributed by atoms with E-state index in [9.17, 15) is 14.4 Å². The Kier molecular flexibility index (Phi) is 4.82. The zero-order valence-electron chi connectivity index (χ0n) is 12.6. The standard InChI is InChI=1S/C14H23N3O4/c1-9-7-17(8-10(2)21-9)14(20)13(19)16-5-3-11(4-6-16)12(15)18/h9-11H,3-8H2,1-2H3,(H2,15,18). The van der Waals surface area contributed by atoms with Crippen LogP contribution in [-0.4, -0.2) is 65.9 Å². The molecule has 0 aliphatic carbocycles. The molecule has 2 N–H and O–H groups in total. The molecule has 21 heavy (non-hydrogen) atoms. The number of amides is 3. The van der Waals surface area contributed by atoms with Gasteiger partial charge in [-0.3, -0.25) is 14.4 Å². The minimum absolute atomic E-state index is 0.0638. The number of hydrogen-bond donors (Lipinski definition) is 1. The fourth-order valence-electron chi connectivity index (χ4n) is 2.98. The molecule has 2 fully saturated rings. The number of primary amides is 1. The van der Waals surface area contributed by atoms with Crippen molar-refractivity contribution in [3.8, 4) is 0 Å². The number of nitrogens with zero attached hydrogens (tertiary/aromatic N) is 2. The zero-order chi connectivity index (χ0) is 15.6. The van der Waals surface area contributed by atoms with Crippen molar-refractivity contribution < 1.29 is 19.1 Å². The molecule has 0 aromatic rings. The van der Waals surface area contributed by atoms with Gasteiger partial charge in [0.15, 0.2) is 0 Å². The Hall–Kier alpha value is -1.63. The Morgan fingerprint density at radius 3 is 1.90 bits per heavy atom. The zero-order valence-corrected chi connectivity index (χ0v) is 12.6. The normalized spacial score (nSPS) is 27.5. The van der Waals surface area contributed by atoms with Gasteiger partial charge in [0.1, 0.15) is 0 Å². The molecular weight excluding hydrogens is 274 g/mol. The number of likely N-dealkylation sites (tertiary alicyclic amines) is 1. The number of rotatable bonds is 1. The molecule has 0 spiro atoms. The highest BCUT2D eigenvalue weighted by molar-refractivity contribution is 6.34. The first-order chi connectivity index (χ1) is 9.88. The molecule has 2 aliphatic rings. The smallest absolute Gasteiger partial charge is 0.312 e. The second-order valence-electron chi connectivity index (χ2n) is 5.94. The Labute approximate surface area is 124 Å². The Morgan fingerprint density at radius 1 is 0.952 bits per heavy atom. The predicted octanol–water partition coefficient (Wildman–Crippen LogP) is -0.654. The van der Waals surface area contributed by atoms with Gasteiger partial charge in [-0.05, 0) is 26.7 Å². The van der Waals surface area contributed by atoms with E-state index in [1.165, 1.54) is 4.90 Å². The summed E-state index contributed by atoms with van der Waals surface area (Å²) < 4.78 is 5.56. The maximum absolute atomic E-state index is 12.3. The average molecular weight is 297 g/mol. The topological polar surface area (TPSA) is 92.9 Å². The third kappa shape index (κ3) is 3.72. The van der Waals surface area contributed by atoms with Gasteiger partial charge in [0.05, 0.1) is 12.2 Å². The van der Waals surface area contributed by atoms with Crippen LogP contribution >= 0.6 is 0 Å². The van der Waals surface area contributed by atoms with Gasteiger partial charge < -0.3 is 20.3 Å². The van der Waals surface area contributed by atoms with Gasteiger partial charge in [0.2, 0.25) is 5.91 Å². The van der Waals surface area contributed by atoms with E-state index in [1.807, 2.05) is 13.8 Å². The van der Waals surface area contributed by atoms with Crippen LogP contribution in [-0.2, 0) is 19.1 Å². The third-order valence-corrected chi connectivity index (χ3v) is 4.07. The monoisotopic (exact) mass is 297 g/mol. The van der Waals surface area contributed by atoms with E-state index in [-0.39, 0.29) is 24.0 Å². The SMILES string of the molecule is CC1CN(C(=O)C(=O)N2CCC(C(N)=O)CC2)CC(C)O1. The number of nitrogens with two attached hydrogens (primary N) is 1. The summed E-state index contributed by atoms with van der Waals surface area (Å²) in [6.45, 7) is 5.47. The van der Waals surface area contributed by atoms with Gasteiger partial charge in [-0.15, -0.1) is 0 Å². The molecule has 0 aromatic carbocycles. The largest absolute Gasteiger partial charge is 0.372 e. The van der Waals surface area contributed by atoms with E-state index in [0.29, 0.717) is 39.0 Å². The molecule has 118 valence electrons. The highest BCUT2D eigenvalue weighted by Crippen LogP contribution is 2.18. The molecule has 2 heterocycles. The molecule has 7 heteroatoms. The number of hydrogen-bond acceptors (Lipinski definition) is 4. The van der Waals surface area contributed by atoms with E-state index >= 15 is 0 Å². The maximum Gasteiger partial charge on any atom is 0.312 e. The number of carbonyl (C=O) groups excluding carboxylic acids is 3. The molecule has 2 unspecified atom stereocenters. The second-order valence-corrected chi connectivity index (χ2v) is 5.94. The fourth-order valence-corrected chi connectivity index (χ4v) is 2.98. The first-order valence-corrected chi connectivity index (χ1v) is 7.41. The summed E-state index contributed by atoms with van der Waals surface area (Å²) in [5.41, 5.74) is 5.26. The summed E-state index contributed by atoms with van der Waals surface area (Å²) in [7, 11) is 0. The predicted molar refractivity (Wildman–Crippen MR) is 75.1 cm³/mol. The first kappa shape index (κ1) is 15.8. The van der Waals surface area contributed by atoms with E-state index in [4.69, 9.17) is 10.5 Å². The van der Waals surface area contributed by atoms with Crippen molar-refractivity contribution in [3.63, 3.8) is 0 Å². The highest BCUT2D eigenvalue weighted by Gasteiger charge is 2.34. The summed E-state index contributed by atoms with van der Waals surface area (Å²) in [4.78, 5) is 38.7. The van der Waals surface area contributed by atoms with Crippen LogP contribution in [0.25, 0.3) is 0 Å². The van der Waals surface area contributed by atoms with Crippen molar-refractivity contribution in [2.75, 3.05) is 26.2 Å². The van der Waals surface area contributed by atoms with Gasteiger partial charge in [0.25, 0.3) is 0 Å². The minimum Gasteiger partial charge on any atom is -0.372 e. The van der Waals surface area contributed by atoms with Crippen LogP contribution in [0.3, 0.4) is 0 Å². The van der Waals surface area contributed by atoms with Crippen molar-refractivity contribution >= 4 is 17.7 Å². The van der Waals surface area contributed by atoms with E-state index in [1.54, 1.807) is 4.90 Å². The molecule has 0 aromatic heterocycles. The van der Waals surface area contributed by atoms with Crippen LogP contribution in [0, 0.1) is 5.92 Å². The lowest BCUT2D eigenvalue weighted by atomic mass is 9.96. The molecular formula is C14H23N3O4. The number of carbonyl (C=O) groups is 3. The van der Waals surface area contributed by atoms with E-state index in [2.05, 4.69) is 0 Å². The van der Waals surface area contributed by atoms with E-state index in [0.717, 1.165) is 0 Å². The number of piperidine rings is 1. The molecule has 2 atom stereocenters. The molecule has 0 radical (unpaired) electrons. The second kappa shape index (κ2) is 6.43. The quantitative estimate of drug-likeness (QED) is 0.651. The molecule has 2 saturated heterocycles. The van der Waals surface area contributed by atoms with Gasteiger partial charge in [-0.25, -0.2) is 0 Å². The summed E-state index contributed by atoms with van der Waals surface area (Å²) in [6.07, 6.45) is 0.936. The Bertz CT molecular complexity index is 422. The minimum atomic E-state index is -0.487. The molecule has 2 aliphatic heterocycles. The van der Waals surface area contributed by atoms with Crippen LogP contribution in [0.4, 0.5) is 0 Å². The Morgan fingerprint density at radius 2 is 1.43 bits per heavy atom. The van der Waals surface area contributed by atoms with Gasteiger partial charge >= 0.3 is 11.8 Å².